The number of hydrogen-bond acceptors (Lipinski definition) is 6. The van der Waals surface area contributed by atoms with E-state index < -0.39 is 22.0 Å². The largest absolute Gasteiger partial charge is 0.468 e. The molecule has 1 atom stereocenters. The van der Waals surface area contributed by atoms with E-state index >= 15 is 0 Å². The van der Waals surface area contributed by atoms with Gasteiger partial charge in [0.25, 0.3) is 0 Å². The Balaban J connectivity index is 2.09. The minimum atomic E-state index is -3.61. The second-order valence-electron chi connectivity index (χ2n) is 5.28. The second-order valence-corrected chi connectivity index (χ2v) is 7.22. The number of benzene rings is 1. The summed E-state index contributed by atoms with van der Waals surface area (Å²) in [6, 6.07) is 7.21. The van der Waals surface area contributed by atoms with E-state index in [0.29, 0.717) is 18.7 Å². The molecule has 1 aliphatic rings. The molecule has 7 nitrogen and oxygen atoms in total. The van der Waals surface area contributed by atoms with Gasteiger partial charge in [-0.15, -0.1) is 6.58 Å². The highest BCUT2D eigenvalue weighted by Gasteiger charge is 2.32. The lowest BCUT2D eigenvalue weighted by Crippen LogP contribution is -2.53. The Bertz CT molecular complexity index is 745. The van der Waals surface area contributed by atoms with Crippen LogP contribution in [0.1, 0.15) is 5.56 Å². The number of nitrogens with zero attached hydrogens (tertiary/aromatic N) is 3. The Morgan fingerprint density at radius 2 is 1.88 bits per heavy atom. The Morgan fingerprint density at radius 1 is 1.29 bits per heavy atom. The van der Waals surface area contributed by atoms with E-state index in [0.717, 1.165) is 0 Å². The summed E-state index contributed by atoms with van der Waals surface area (Å²) < 4.78 is 31.4. The third-order valence-electron chi connectivity index (χ3n) is 3.95. The molecule has 0 unspecified atom stereocenters. The summed E-state index contributed by atoms with van der Waals surface area (Å²) in [5, 5.41) is 8.79. The molecule has 1 aromatic carbocycles. The van der Waals surface area contributed by atoms with Crippen LogP contribution in [0.5, 0.6) is 0 Å². The molecule has 0 N–H and O–H groups in total. The Kier molecular flexibility index (Phi) is 5.72. The summed E-state index contributed by atoms with van der Waals surface area (Å²) in [4.78, 5) is 13.7. The quantitative estimate of drug-likeness (QED) is 0.571. The first kappa shape index (κ1) is 18.1. The van der Waals surface area contributed by atoms with Gasteiger partial charge in [-0.1, -0.05) is 6.08 Å². The molecule has 128 valence electrons. The smallest absolute Gasteiger partial charge is 0.327 e. The molecule has 0 bridgehead atoms. The van der Waals surface area contributed by atoms with E-state index in [4.69, 9.17) is 10.00 Å². The third kappa shape index (κ3) is 3.64. The fourth-order valence-corrected chi connectivity index (χ4v) is 4.01. The normalized spacial score (nSPS) is 17.7. The molecule has 0 spiro atoms. The number of sulfonamides is 1. The lowest BCUT2D eigenvalue weighted by Gasteiger charge is -2.36. The van der Waals surface area contributed by atoms with Gasteiger partial charge >= 0.3 is 5.97 Å². The van der Waals surface area contributed by atoms with Gasteiger partial charge in [-0.3, -0.25) is 9.69 Å². The fraction of sp³-hybridized carbons (Fsp3) is 0.375. The first-order valence-corrected chi connectivity index (χ1v) is 8.82. The van der Waals surface area contributed by atoms with Crippen molar-refractivity contribution in [2.75, 3.05) is 33.3 Å². The van der Waals surface area contributed by atoms with Crippen LogP contribution in [0.15, 0.2) is 41.8 Å². The molecule has 0 saturated carbocycles. The van der Waals surface area contributed by atoms with E-state index in [2.05, 4.69) is 6.58 Å². The first-order valence-electron chi connectivity index (χ1n) is 7.38. The van der Waals surface area contributed by atoms with Crippen molar-refractivity contribution >= 4 is 16.0 Å². The number of carbonyl (C=O) groups is 1. The van der Waals surface area contributed by atoms with Crippen LogP contribution in [-0.4, -0.2) is 62.9 Å². The highest BCUT2D eigenvalue weighted by molar-refractivity contribution is 7.89. The minimum absolute atomic E-state index is 0.156. The highest BCUT2D eigenvalue weighted by atomic mass is 32.2. The lowest BCUT2D eigenvalue weighted by molar-refractivity contribution is -0.145. The van der Waals surface area contributed by atoms with Gasteiger partial charge in [0.1, 0.15) is 6.04 Å². The Labute approximate surface area is 141 Å². The van der Waals surface area contributed by atoms with E-state index in [1.807, 2.05) is 11.0 Å². The van der Waals surface area contributed by atoms with Crippen LogP contribution in [0.25, 0.3) is 0 Å². The van der Waals surface area contributed by atoms with Crippen LogP contribution in [-0.2, 0) is 19.6 Å². The number of piperazine rings is 1. The minimum Gasteiger partial charge on any atom is -0.468 e. The number of hydrogen-bond donors (Lipinski definition) is 0. The zero-order chi connectivity index (χ0) is 17.7. The standard InChI is InChI=1S/C16H19N3O4S/c1-3-15(16(20)23-2)18-8-10-19(11-9-18)24(21,22)14-6-4-13(12-17)5-7-14/h3-7,15H,1,8-11H2,2H3/t15-/m1/s1. The average molecular weight is 349 g/mol. The number of ether oxygens (including phenoxy) is 1. The molecule has 8 heteroatoms. The Morgan fingerprint density at radius 3 is 2.33 bits per heavy atom. The predicted molar refractivity (Wildman–Crippen MR) is 87.5 cm³/mol. The average Bonchev–Trinajstić information content (AvgIpc) is 2.62. The first-order chi connectivity index (χ1) is 11.4. The van der Waals surface area contributed by atoms with Crippen molar-refractivity contribution < 1.29 is 17.9 Å². The van der Waals surface area contributed by atoms with Gasteiger partial charge in [0.15, 0.2) is 0 Å². The molecule has 1 heterocycles. The van der Waals surface area contributed by atoms with Crippen LogP contribution in [0.2, 0.25) is 0 Å². The van der Waals surface area contributed by atoms with Crippen LogP contribution < -0.4 is 0 Å². The van der Waals surface area contributed by atoms with Crippen molar-refractivity contribution in [2.45, 2.75) is 10.9 Å². The lowest BCUT2D eigenvalue weighted by atomic mass is 10.2. The number of carbonyl (C=O) groups excluding carboxylic acids is 1. The molecular weight excluding hydrogens is 330 g/mol. The topological polar surface area (TPSA) is 90.7 Å². The SMILES string of the molecule is C=C[C@H](C(=O)OC)N1CCN(S(=O)(=O)c2ccc(C#N)cc2)CC1. The summed E-state index contributed by atoms with van der Waals surface area (Å²) in [6.07, 6.45) is 1.50. The maximum Gasteiger partial charge on any atom is 0.327 e. The fourth-order valence-electron chi connectivity index (χ4n) is 2.59. The zero-order valence-electron chi connectivity index (χ0n) is 13.4. The van der Waals surface area contributed by atoms with Gasteiger partial charge in [0.2, 0.25) is 10.0 Å². The Hall–Kier alpha value is -2.21. The number of methoxy groups -OCH3 is 1. The van der Waals surface area contributed by atoms with Gasteiger partial charge in [-0.05, 0) is 24.3 Å². The predicted octanol–water partition coefficient (Wildman–Crippen LogP) is 0.592. The summed E-state index contributed by atoms with van der Waals surface area (Å²) in [7, 11) is -2.30. The number of esters is 1. The van der Waals surface area contributed by atoms with Crippen LogP contribution in [0.3, 0.4) is 0 Å². The van der Waals surface area contributed by atoms with Gasteiger partial charge in [0.05, 0.1) is 23.6 Å². The summed E-state index contributed by atoms with van der Waals surface area (Å²) in [6.45, 7) is 4.98. The third-order valence-corrected chi connectivity index (χ3v) is 5.87. The molecule has 0 aromatic heterocycles. The maximum atomic E-state index is 12.6. The molecular formula is C16H19N3O4S. The van der Waals surface area contributed by atoms with Crippen LogP contribution >= 0.6 is 0 Å². The summed E-state index contributed by atoms with van der Waals surface area (Å²) in [5.74, 6) is -0.409. The van der Waals surface area contributed by atoms with E-state index in [1.54, 1.807) is 0 Å². The van der Waals surface area contributed by atoms with Gasteiger partial charge in [-0.25, -0.2) is 8.42 Å². The van der Waals surface area contributed by atoms with Crippen LogP contribution in [0, 0.1) is 11.3 Å². The van der Waals surface area contributed by atoms with Crippen molar-refractivity contribution in [3.8, 4) is 6.07 Å². The van der Waals surface area contributed by atoms with Gasteiger partial charge < -0.3 is 4.74 Å². The van der Waals surface area contributed by atoms with Crippen LogP contribution in [0.4, 0.5) is 0 Å². The van der Waals surface area contributed by atoms with Crippen molar-refractivity contribution in [3.05, 3.63) is 42.5 Å². The maximum absolute atomic E-state index is 12.6. The van der Waals surface area contributed by atoms with E-state index in [-0.39, 0.29) is 18.0 Å². The zero-order valence-corrected chi connectivity index (χ0v) is 14.2. The molecule has 0 radical (unpaired) electrons. The summed E-state index contributed by atoms with van der Waals surface area (Å²) >= 11 is 0. The van der Waals surface area contributed by atoms with Crippen molar-refractivity contribution in [2.24, 2.45) is 0 Å². The molecule has 1 saturated heterocycles. The molecule has 1 aromatic rings. The van der Waals surface area contributed by atoms with Crippen molar-refractivity contribution in [3.63, 3.8) is 0 Å². The van der Waals surface area contributed by atoms with Crippen molar-refractivity contribution in [1.82, 2.24) is 9.21 Å². The molecule has 1 aliphatic heterocycles. The summed E-state index contributed by atoms with van der Waals surface area (Å²) in [5.41, 5.74) is 0.408. The van der Waals surface area contributed by atoms with Gasteiger partial charge in [0, 0.05) is 26.2 Å². The highest BCUT2D eigenvalue weighted by Crippen LogP contribution is 2.19. The molecule has 2 rings (SSSR count). The van der Waals surface area contributed by atoms with Gasteiger partial charge in [-0.2, -0.15) is 9.57 Å². The second kappa shape index (κ2) is 7.57. The molecule has 0 aliphatic carbocycles. The molecule has 1 fully saturated rings. The monoisotopic (exact) mass is 349 g/mol. The number of rotatable bonds is 5. The van der Waals surface area contributed by atoms with E-state index in [9.17, 15) is 13.2 Å². The van der Waals surface area contributed by atoms with Crippen molar-refractivity contribution in [1.29, 1.82) is 5.26 Å². The molecule has 0 amide bonds. The van der Waals surface area contributed by atoms with E-state index in [1.165, 1.54) is 41.8 Å². The number of nitriles is 1. The molecule has 24 heavy (non-hydrogen) atoms.